The minimum absolute atomic E-state index is 0.0270. The number of hydrogen-bond acceptors (Lipinski definition) is 10. The van der Waals surface area contributed by atoms with Gasteiger partial charge in [-0.25, -0.2) is 9.97 Å². The molecule has 1 aliphatic heterocycles. The van der Waals surface area contributed by atoms with Crippen molar-refractivity contribution in [2.75, 3.05) is 11.9 Å². The van der Waals surface area contributed by atoms with Crippen LogP contribution < -0.4 is 5.32 Å². The third kappa shape index (κ3) is 4.61. The summed E-state index contributed by atoms with van der Waals surface area (Å²) in [6.07, 6.45) is 5.27. The first-order valence-electron chi connectivity index (χ1n) is 13.9. The zero-order valence-corrected chi connectivity index (χ0v) is 22.2. The van der Waals surface area contributed by atoms with Gasteiger partial charge in [0.1, 0.15) is 12.1 Å². The molecule has 1 aromatic carbocycles. The van der Waals surface area contributed by atoms with Crippen LogP contribution in [-0.4, -0.2) is 70.2 Å². The fourth-order valence-electron chi connectivity index (χ4n) is 6.28. The summed E-state index contributed by atoms with van der Waals surface area (Å²) in [5, 5.41) is 33.4. The van der Waals surface area contributed by atoms with E-state index in [1.165, 1.54) is 11.1 Å². The van der Waals surface area contributed by atoms with Crippen LogP contribution in [0.25, 0.3) is 0 Å². The maximum Gasteiger partial charge on any atom is 0.232 e. The summed E-state index contributed by atoms with van der Waals surface area (Å²) in [7, 11) is 0. The first-order chi connectivity index (χ1) is 19.5. The van der Waals surface area contributed by atoms with Crippen LogP contribution in [0.2, 0.25) is 0 Å². The fraction of sp³-hybridized carbons (Fsp3) is 0.464. The second kappa shape index (κ2) is 10.1. The van der Waals surface area contributed by atoms with Gasteiger partial charge < -0.3 is 19.7 Å². The molecule has 4 aromatic rings. The Kier molecular flexibility index (Phi) is 6.26. The highest BCUT2D eigenvalue weighted by atomic mass is 16.4. The molecule has 2 unspecified atom stereocenters. The van der Waals surface area contributed by atoms with Gasteiger partial charge in [-0.3, -0.25) is 4.79 Å². The van der Waals surface area contributed by atoms with Gasteiger partial charge in [-0.05, 0) is 43.7 Å². The van der Waals surface area contributed by atoms with Gasteiger partial charge in [0, 0.05) is 36.7 Å². The Bertz CT molecular complexity index is 1520. The zero-order valence-electron chi connectivity index (χ0n) is 22.2. The molecular weight excluding hydrogens is 510 g/mol. The third-order valence-corrected chi connectivity index (χ3v) is 8.41. The second-order valence-corrected chi connectivity index (χ2v) is 11.0. The summed E-state index contributed by atoms with van der Waals surface area (Å²) >= 11 is 0. The Morgan fingerprint density at radius 3 is 2.77 bits per heavy atom. The first kappa shape index (κ1) is 24.8. The second-order valence-electron chi connectivity index (χ2n) is 11.0. The Morgan fingerprint density at radius 1 is 1.18 bits per heavy atom. The number of nitrogens with zero attached hydrogens (tertiary/aromatic N) is 7. The lowest BCUT2D eigenvalue weighted by Crippen LogP contribution is -2.37. The molecule has 12 nitrogen and oxygen atoms in total. The van der Waals surface area contributed by atoms with Gasteiger partial charge in [0.15, 0.2) is 0 Å². The van der Waals surface area contributed by atoms with Crippen molar-refractivity contribution in [2.24, 2.45) is 0 Å². The number of anilines is 1. The zero-order chi connectivity index (χ0) is 27.2. The number of aliphatic hydroxyl groups excluding tert-OH is 1. The average molecular weight is 542 g/mol. The monoisotopic (exact) mass is 541 g/mol. The molecule has 0 spiro atoms. The van der Waals surface area contributed by atoms with E-state index in [-0.39, 0.29) is 36.1 Å². The molecule has 2 aliphatic carbocycles. The molecule has 0 bridgehead atoms. The predicted octanol–water partition coefficient (Wildman–Crippen LogP) is 2.07. The standard InChI is InChI=1S/C28H31N9O3/c1-15(38)19-6-7-20(21-13-29-28(31-26(19)21)30-18-10-16-4-2-3-5-17(16)11-18)27-35-34-24(40-27)12-25(39)37-9-8-22-23(14-37)33-36-32-22/h2-5,13,15,18-20,38H,6-12,14H2,1H3,(H,29,30,31)(H,32,33,36)/t15?,19?,20-/m1/s1. The third-order valence-electron chi connectivity index (χ3n) is 8.41. The number of amides is 1. The van der Waals surface area contributed by atoms with Gasteiger partial charge in [-0.1, -0.05) is 24.3 Å². The lowest BCUT2D eigenvalue weighted by atomic mass is 9.78. The van der Waals surface area contributed by atoms with Crippen molar-refractivity contribution in [1.29, 1.82) is 0 Å². The summed E-state index contributed by atoms with van der Waals surface area (Å²) in [5.74, 6) is 0.900. The highest BCUT2D eigenvalue weighted by Gasteiger charge is 2.36. The number of aliphatic hydroxyl groups is 1. The number of rotatable bonds is 6. The maximum atomic E-state index is 12.9. The topological polar surface area (TPSA) is 159 Å². The highest BCUT2D eigenvalue weighted by Crippen LogP contribution is 2.42. The molecule has 7 rings (SSSR count). The number of H-pyrrole nitrogens is 1. The molecule has 12 heteroatoms. The molecule has 1 amide bonds. The van der Waals surface area contributed by atoms with E-state index in [2.05, 4.69) is 60.2 Å². The SMILES string of the molecule is CC(O)C1CC[C@@H](c2nnc(CC(=O)N3CCc4n[nH]nc4C3)o2)c2cnc(NC3Cc4ccccc4C3)nc21. The number of hydrogen-bond donors (Lipinski definition) is 3. The predicted molar refractivity (Wildman–Crippen MR) is 142 cm³/mol. The molecule has 0 saturated heterocycles. The van der Waals surface area contributed by atoms with Gasteiger partial charge >= 0.3 is 0 Å². The summed E-state index contributed by atoms with van der Waals surface area (Å²) in [5.41, 5.74) is 6.11. The molecule has 206 valence electrons. The van der Waals surface area contributed by atoms with Gasteiger partial charge in [0.25, 0.3) is 0 Å². The van der Waals surface area contributed by atoms with Crippen LogP contribution in [0, 0.1) is 0 Å². The number of carbonyl (C=O) groups excluding carboxylic acids is 1. The van der Waals surface area contributed by atoms with Gasteiger partial charge in [0.2, 0.25) is 23.6 Å². The average Bonchev–Trinajstić information content (AvgIpc) is 3.71. The molecule has 3 N–H and O–H groups in total. The van der Waals surface area contributed by atoms with Crippen LogP contribution in [0.3, 0.4) is 0 Å². The maximum absolute atomic E-state index is 12.9. The first-order valence-corrected chi connectivity index (χ1v) is 13.9. The number of carbonyl (C=O) groups is 1. The van der Waals surface area contributed by atoms with Crippen LogP contribution >= 0.6 is 0 Å². The van der Waals surface area contributed by atoms with E-state index in [9.17, 15) is 9.90 Å². The van der Waals surface area contributed by atoms with Gasteiger partial charge in [-0.2, -0.15) is 15.4 Å². The minimum Gasteiger partial charge on any atom is -0.424 e. The van der Waals surface area contributed by atoms with Crippen LogP contribution in [0.4, 0.5) is 5.95 Å². The Morgan fingerprint density at radius 2 is 1.98 bits per heavy atom. The molecular formula is C28H31N9O3. The molecule has 40 heavy (non-hydrogen) atoms. The van der Waals surface area contributed by atoms with Gasteiger partial charge in [-0.15, -0.1) is 10.2 Å². The van der Waals surface area contributed by atoms with Crippen LogP contribution in [0.5, 0.6) is 0 Å². The largest absolute Gasteiger partial charge is 0.424 e. The molecule has 0 saturated carbocycles. The number of aromatic nitrogens is 7. The highest BCUT2D eigenvalue weighted by molar-refractivity contribution is 5.78. The molecule has 0 fully saturated rings. The Labute approximate surface area is 230 Å². The quantitative estimate of drug-likeness (QED) is 0.330. The van der Waals surface area contributed by atoms with Crippen LogP contribution in [0.1, 0.15) is 77.2 Å². The van der Waals surface area contributed by atoms with E-state index >= 15 is 0 Å². The fourth-order valence-corrected chi connectivity index (χ4v) is 6.28. The minimum atomic E-state index is -0.552. The van der Waals surface area contributed by atoms with Crippen molar-refractivity contribution in [3.05, 3.63) is 76.0 Å². The van der Waals surface area contributed by atoms with Crippen molar-refractivity contribution in [1.82, 2.24) is 40.5 Å². The van der Waals surface area contributed by atoms with Crippen LogP contribution in [-0.2, 0) is 37.0 Å². The molecule has 3 aliphatic rings. The Hall–Kier alpha value is -4.19. The van der Waals surface area contributed by atoms with E-state index in [0.717, 1.165) is 41.9 Å². The summed E-state index contributed by atoms with van der Waals surface area (Å²) < 4.78 is 6.03. The molecule has 0 radical (unpaired) electrons. The number of benzene rings is 1. The van der Waals surface area contributed by atoms with E-state index in [0.29, 0.717) is 37.8 Å². The summed E-state index contributed by atoms with van der Waals surface area (Å²) in [6, 6.07) is 8.72. The normalized spacial score (nSPS) is 21.0. The van der Waals surface area contributed by atoms with Crippen molar-refractivity contribution in [3.63, 3.8) is 0 Å². The smallest absolute Gasteiger partial charge is 0.232 e. The summed E-state index contributed by atoms with van der Waals surface area (Å²) in [4.78, 5) is 24.2. The van der Waals surface area contributed by atoms with E-state index in [1.54, 1.807) is 11.8 Å². The van der Waals surface area contributed by atoms with Crippen molar-refractivity contribution >= 4 is 11.9 Å². The molecule has 4 heterocycles. The van der Waals surface area contributed by atoms with Crippen molar-refractivity contribution < 1.29 is 14.3 Å². The molecule has 3 atom stereocenters. The van der Waals surface area contributed by atoms with Crippen molar-refractivity contribution in [2.45, 2.75) is 76.0 Å². The Balaban J connectivity index is 1.08. The number of fused-ring (bicyclic) bond motifs is 3. The summed E-state index contributed by atoms with van der Waals surface area (Å²) in [6.45, 7) is 2.80. The lowest BCUT2D eigenvalue weighted by Gasteiger charge is -2.30. The lowest BCUT2D eigenvalue weighted by molar-refractivity contribution is -0.131. The van der Waals surface area contributed by atoms with E-state index in [1.807, 2.05) is 6.20 Å². The molecule has 3 aromatic heterocycles. The van der Waals surface area contributed by atoms with Crippen LogP contribution in [0.15, 0.2) is 34.9 Å². The van der Waals surface area contributed by atoms with E-state index in [4.69, 9.17) is 9.40 Å². The number of nitrogens with one attached hydrogen (secondary N) is 2. The van der Waals surface area contributed by atoms with Gasteiger partial charge in [0.05, 0.1) is 30.0 Å². The van der Waals surface area contributed by atoms with E-state index < -0.39 is 6.10 Å². The van der Waals surface area contributed by atoms with Crippen molar-refractivity contribution in [3.8, 4) is 0 Å². The number of aromatic amines is 1.